The monoisotopic (exact) mass is 209 g/mol. The minimum absolute atomic E-state index is 0.0295. The van der Waals surface area contributed by atoms with E-state index in [9.17, 15) is 5.11 Å². The van der Waals surface area contributed by atoms with E-state index < -0.39 is 0 Å². The molecule has 3 rings (SSSR count). The number of hydrogen-bond donors (Lipinski definition) is 1. The number of likely N-dealkylation sites (tertiary alicyclic amines) is 1. The molecule has 1 heterocycles. The van der Waals surface area contributed by atoms with Gasteiger partial charge in [0.2, 0.25) is 0 Å². The van der Waals surface area contributed by atoms with Crippen LogP contribution in [-0.4, -0.2) is 34.7 Å². The molecule has 2 aliphatic carbocycles. The summed E-state index contributed by atoms with van der Waals surface area (Å²) in [6.45, 7) is 1.26. The molecule has 0 radical (unpaired) electrons. The lowest BCUT2D eigenvalue weighted by Gasteiger charge is -2.38. The smallest absolute Gasteiger partial charge is 0.0695 e. The van der Waals surface area contributed by atoms with Crippen molar-refractivity contribution < 1.29 is 5.11 Å². The number of hydrogen-bond acceptors (Lipinski definition) is 2. The first-order chi connectivity index (χ1) is 7.36. The van der Waals surface area contributed by atoms with Crippen molar-refractivity contribution in [2.75, 3.05) is 6.54 Å². The number of fused-ring (bicyclic) bond motifs is 1. The van der Waals surface area contributed by atoms with Gasteiger partial charge in [-0.15, -0.1) is 0 Å². The Morgan fingerprint density at radius 3 is 2.47 bits per heavy atom. The molecule has 0 aromatic rings. The van der Waals surface area contributed by atoms with Crippen LogP contribution in [0.5, 0.6) is 0 Å². The lowest BCUT2D eigenvalue weighted by atomic mass is 9.90. The van der Waals surface area contributed by atoms with Crippen molar-refractivity contribution in [3.8, 4) is 0 Å². The standard InChI is InChI=1S/C13H23NO/c15-13-7-2-1-5-12(13)14-9-8-10-4-3-6-11(10)14/h10-13,15H,1-9H2/t10-,11-,12+,13+/m1/s1. The normalized spacial score (nSPS) is 47.0. The Bertz CT molecular complexity index is 231. The zero-order valence-corrected chi connectivity index (χ0v) is 9.57. The minimum Gasteiger partial charge on any atom is -0.391 e. The van der Waals surface area contributed by atoms with E-state index in [4.69, 9.17) is 0 Å². The van der Waals surface area contributed by atoms with Gasteiger partial charge in [-0.2, -0.15) is 0 Å². The van der Waals surface area contributed by atoms with Gasteiger partial charge in [0, 0.05) is 12.1 Å². The van der Waals surface area contributed by atoms with Crippen molar-refractivity contribution in [2.45, 2.75) is 69.6 Å². The van der Waals surface area contributed by atoms with Crippen molar-refractivity contribution in [2.24, 2.45) is 5.92 Å². The van der Waals surface area contributed by atoms with Gasteiger partial charge in [-0.3, -0.25) is 4.90 Å². The maximum Gasteiger partial charge on any atom is 0.0695 e. The Labute approximate surface area is 92.7 Å². The van der Waals surface area contributed by atoms with Crippen LogP contribution in [0.2, 0.25) is 0 Å². The van der Waals surface area contributed by atoms with Crippen molar-refractivity contribution in [1.82, 2.24) is 4.90 Å². The van der Waals surface area contributed by atoms with Gasteiger partial charge in [0.15, 0.2) is 0 Å². The number of aliphatic hydroxyl groups excluding tert-OH is 1. The van der Waals surface area contributed by atoms with Crippen LogP contribution < -0.4 is 0 Å². The van der Waals surface area contributed by atoms with E-state index in [1.54, 1.807) is 0 Å². The van der Waals surface area contributed by atoms with E-state index in [-0.39, 0.29) is 6.10 Å². The second-order valence-electron chi connectivity index (χ2n) is 5.70. The average molecular weight is 209 g/mol. The maximum absolute atomic E-state index is 10.1. The highest BCUT2D eigenvalue weighted by molar-refractivity contribution is 4.97. The minimum atomic E-state index is -0.0295. The third kappa shape index (κ3) is 1.72. The first-order valence-corrected chi connectivity index (χ1v) is 6.80. The van der Waals surface area contributed by atoms with Gasteiger partial charge in [0.1, 0.15) is 0 Å². The SMILES string of the molecule is O[C@H]1CCCC[C@@H]1N1CC[C@H]2CCC[C@H]21. The van der Waals surface area contributed by atoms with Crippen LogP contribution in [0.1, 0.15) is 51.4 Å². The summed E-state index contributed by atoms with van der Waals surface area (Å²) in [6.07, 6.45) is 10.5. The summed E-state index contributed by atoms with van der Waals surface area (Å²) in [6, 6.07) is 1.34. The van der Waals surface area contributed by atoms with Crippen molar-refractivity contribution in [1.29, 1.82) is 0 Å². The average Bonchev–Trinajstić information content (AvgIpc) is 2.80. The van der Waals surface area contributed by atoms with Gasteiger partial charge in [-0.05, 0) is 44.6 Å². The highest BCUT2D eigenvalue weighted by Gasteiger charge is 2.42. The molecule has 0 unspecified atom stereocenters. The van der Waals surface area contributed by atoms with E-state index in [0.717, 1.165) is 18.4 Å². The van der Waals surface area contributed by atoms with Crippen LogP contribution >= 0.6 is 0 Å². The second-order valence-corrected chi connectivity index (χ2v) is 5.70. The van der Waals surface area contributed by atoms with Crippen LogP contribution in [0.3, 0.4) is 0 Å². The predicted octanol–water partition coefficient (Wildman–Crippen LogP) is 2.16. The maximum atomic E-state index is 10.1. The summed E-state index contributed by atoms with van der Waals surface area (Å²) < 4.78 is 0. The first-order valence-electron chi connectivity index (χ1n) is 6.80. The van der Waals surface area contributed by atoms with Crippen molar-refractivity contribution in [3.05, 3.63) is 0 Å². The quantitative estimate of drug-likeness (QED) is 0.715. The molecule has 0 spiro atoms. The Morgan fingerprint density at radius 2 is 1.60 bits per heavy atom. The zero-order valence-electron chi connectivity index (χ0n) is 9.57. The van der Waals surface area contributed by atoms with Crippen molar-refractivity contribution >= 4 is 0 Å². The molecule has 0 amide bonds. The molecule has 0 aromatic heterocycles. The van der Waals surface area contributed by atoms with Crippen LogP contribution in [0, 0.1) is 5.92 Å². The van der Waals surface area contributed by atoms with Gasteiger partial charge >= 0.3 is 0 Å². The molecule has 2 saturated carbocycles. The van der Waals surface area contributed by atoms with Gasteiger partial charge in [-0.25, -0.2) is 0 Å². The Balaban J connectivity index is 1.70. The van der Waals surface area contributed by atoms with Gasteiger partial charge in [0.25, 0.3) is 0 Å². The van der Waals surface area contributed by atoms with E-state index >= 15 is 0 Å². The molecule has 1 aliphatic heterocycles. The fourth-order valence-electron chi connectivity index (χ4n) is 4.16. The van der Waals surface area contributed by atoms with Gasteiger partial charge in [-0.1, -0.05) is 19.3 Å². The Morgan fingerprint density at radius 1 is 0.800 bits per heavy atom. The van der Waals surface area contributed by atoms with Gasteiger partial charge < -0.3 is 5.11 Å². The number of rotatable bonds is 1. The molecule has 0 aromatic carbocycles. The first kappa shape index (κ1) is 10.1. The molecular weight excluding hydrogens is 186 g/mol. The lowest BCUT2D eigenvalue weighted by molar-refractivity contribution is 0.0117. The fourth-order valence-corrected chi connectivity index (χ4v) is 4.16. The molecule has 2 nitrogen and oxygen atoms in total. The molecule has 1 N–H and O–H groups in total. The van der Waals surface area contributed by atoms with E-state index in [1.165, 1.54) is 51.5 Å². The van der Waals surface area contributed by atoms with Crippen LogP contribution in [-0.2, 0) is 0 Å². The Hall–Kier alpha value is -0.0800. The van der Waals surface area contributed by atoms with Crippen LogP contribution in [0.25, 0.3) is 0 Å². The number of nitrogens with zero attached hydrogens (tertiary/aromatic N) is 1. The highest BCUT2D eigenvalue weighted by atomic mass is 16.3. The summed E-state index contributed by atoms with van der Waals surface area (Å²) in [5, 5.41) is 10.1. The topological polar surface area (TPSA) is 23.5 Å². The largest absolute Gasteiger partial charge is 0.391 e. The van der Waals surface area contributed by atoms with Gasteiger partial charge in [0.05, 0.1) is 6.10 Å². The molecule has 1 saturated heterocycles. The predicted molar refractivity (Wildman–Crippen MR) is 60.7 cm³/mol. The summed E-state index contributed by atoms with van der Waals surface area (Å²) in [5.41, 5.74) is 0. The summed E-state index contributed by atoms with van der Waals surface area (Å²) in [5.74, 6) is 0.971. The third-order valence-electron chi connectivity index (χ3n) is 4.92. The molecule has 3 fully saturated rings. The number of aliphatic hydroxyl groups is 1. The summed E-state index contributed by atoms with van der Waals surface area (Å²) in [7, 11) is 0. The van der Waals surface area contributed by atoms with Crippen molar-refractivity contribution in [3.63, 3.8) is 0 Å². The lowest BCUT2D eigenvalue weighted by Crippen LogP contribution is -2.47. The second kappa shape index (κ2) is 4.06. The molecule has 3 aliphatic rings. The van der Waals surface area contributed by atoms with Crippen LogP contribution in [0.15, 0.2) is 0 Å². The molecule has 15 heavy (non-hydrogen) atoms. The molecule has 4 atom stereocenters. The molecule has 2 heteroatoms. The fraction of sp³-hybridized carbons (Fsp3) is 1.00. The third-order valence-corrected chi connectivity index (χ3v) is 4.92. The van der Waals surface area contributed by atoms with Crippen LogP contribution in [0.4, 0.5) is 0 Å². The molecule has 0 bridgehead atoms. The van der Waals surface area contributed by atoms with E-state index in [0.29, 0.717) is 6.04 Å². The zero-order chi connectivity index (χ0) is 10.3. The Kier molecular flexibility index (Phi) is 2.73. The van der Waals surface area contributed by atoms with E-state index in [1.807, 2.05) is 0 Å². The molecule has 86 valence electrons. The van der Waals surface area contributed by atoms with E-state index in [2.05, 4.69) is 4.90 Å². The highest BCUT2D eigenvalue weighted by Crippen LogP contribution is 2.41. The summed E-state index contributed by atoms with van der Waals surface area (Å²) in [4.78, 5) is 2.67. The molecular formula is C13H23NO. The summed E-state index contributed by atoms with van der Waals surface area (Å²) >= 11 is 0.